The van der Waals surface area contributed by atoms with Gasteiger partial charge in [-0.25, -0.2) is 0 Å². The van der Waals surface area contributed by atoms with Crippen molar-refractivity contribution in [1.82, 2.24) is 0 Å². The van der Waals surface area contributed by atoms with Gasteiger partial charge in [0.05, 0.1) is 6.10 Å². The molecule has 92 valence electrons. The van der Waals surface area contributed by atoms with Crippen LogP contribution in [0.2, 0.25) is 0 Å². The summed E-state index contributed by atoms with van der Waals surface area (Å²) in [4.78, 5) is 0. The van der Waals surface area contributed by atoms with Crippen LogP contribution in [0.4, 0.5) is 0 Å². The third-order valence-corrected chi connectivity index (χ3v) is 2.83. The van der Waals surface area contributed by atoms with Gasteiger partial charge in [0, 0.05) is 5.92 Å². The molecular weight excluding hydrogens is 196 g/mol. The summed E-state index contributed by atoms with van der Waals surface area (Å²) in [5.41, 5.74) is 2.74. The fourth-order valence-electron chi connectivity index (χ4n) is 1.97. The maximum absolute atomic E-state index is 9.62. The summed E-state index contributed by atoms with van der Waals surface area (Å²) in [5, 5.41) is 9.62. The van der Waals surface area contributed by atoms with Gasteiger partial charge in [0.1, 0.15) is 0 Å². The minimum atomic E-state index is -0.139. The van der Waals surface area contributed by atoms with E-state index in [1.807, 2.05) is 33.8 Å². The van der Waals surface area contributed by atoms with E-state index >= 15 is 0 Å². The highest BCUT2D eigenvalue weighted by atomic mass is 16.3. The molecule has 1 aliphatic carbocycles. The summed E-state index contributed by atoms with van der Waals surface area (Å²) in [6.45, 7) is 10.1. The Hall–Kier alpha value is -0.820. The van der Waals surface area contributed by atoms with E-state index in [9.17, 15) is 5.11 Å². The Morgan fingerprint density at radius 2 is 1.62 bits per heavy atom. The maximum Gasteiger partial charge on any atom is 0.0609 e. The summed E-state index contributed by atoms with van der Waals surface area (Å²) in [6, 6.07) is 8.41. The molecule has 16 heavy (non-hydrogen) atoms. The molecule has 0 saturated carbocycles. The Labute approximate surface area is 101 Å². The Bertz CT molecular complexity index is 281. The van der Waals surface area contributed by atoms with E-state index in [2.05, 4.69) is 25.1 Å². The molecule has 1 heteroatoms. The molecule has 1 aromatic carbocycles. The van der Waals surface area contributed by atoms with Crippen LogP contribution in [0.15, 0.2) is 24.3 Å². The molecule has 0 heterocycles. The molecule has 0 amide bonds. The molecule has 1 N–H and O–H groups in total. The number of aliphatic hydroxyl groups is 1. The Kier molecular flexibility index (Phi) is 7.92. The second-order valence-electron chi connectivity index (χ2n) is 3.59. The summed E-state index contributed by atoms with van der Waals surface area (Å²) < 4.78 is 0. The SMILES string of the molecule is CC.CC.CC1c2ccccc2CCC1O. The lowest BCUT2D eigenvalue weighted by Gasteiger charge is -2.27. The first-order valence-corrected chi connectivity index (χ1v) is 6.55. The largest absolute Gasteiger partial charge is 0.392 e. The molecule has 0 saturated heterocycles. The summed E-state index contributed by atoms with van der Waals surface area (Å²) in [7, 11) is 0. The highest BCUT2D eigenvalue weighted by Gasteiger charge is 2.23. The zero-order valence-corrected chi connectivity index (χ0v) is 11.3. The van der Waals surface area contributed by atoms with E-state index in [0.29, 0.717) is 5.92 Å². The molecule has 0 fully saturated rings. The van der Waals surface area contributed by atoms with Gasteiger partial charge in [-0.2, -0.15) is 0 Å². The predicted molar refractivity (Wildman–Crippen MR) is 71.9 cm³/mol. The number of benzene rings is 1. The molecule has 2 atom stereocenters. The first-order valence-electron chi connectivity index (χ1n) is 6.55. The fraction of sp³-hybridized carbons (Fsp3) is 0.600. The second kappa shape index (κ2) is 8.35. The van der Waals surface area contributed by atoms with Gasteiger partial charge in [-0.15, -0.1) is 0 Å². The normalized spacial score (nSPS) is 21.9. The van der Waals surface area contributed by atoms with Crippen LogP contribution in [0.25, 0.3) is 0 Å². The van der Waals surface area contributed by atoms with Crippen LogP contribution in [0.5, 0.6) is 0 Å². The van der Waals surface area contributed by atoms with Crippen LogP contribution in [-0.4, -0.2) is 11.2 Å². The summed E-state index contributed by atoms with van der Waals surface area (Å²) >= 11 is 0. The average Bonchev–Trinajstić information content (AvgIpc) is 2.39. The summed E-state index contributed by atoms with van der Waals surface area (Å²) in [6.07, 6.45) is 1.81. The van der Waals surface area contributed by atoms with E-state index in [-0.39, 0.29) is 6.10 Å². The van der Waals surface area contributed by atoms with Crippen molar-refractivity contribution in [1.29, 1.82) is 0 Å². The van der Waals surface area contributed by atoms with Crippen LogP contribution in [0.1, 0.15) is 58.1 Å². The maximum atomic E-state index is 9.62. The standard InChI is InChI=1S/C11H14O.2C2H6/c1-8-10-5-3-2-4-9(10)6-7-11(8)12;2*1-2/h2-5,8,11-12H,6-7H2,1H3;2*1-2H3. The van der Waals surface area contributed by atoms with Gasteiger partial charge in [-0.05, 0) is 24.0 Å². The molecule has 0 radical (unpaired) electrons. The van der Waals surface area contributed by atoms with Gasteiger partial charge in [0.25, 0.3) is 0 Å². The first-order chi connectivity index (χ1) is 7.79. The number of aryl methyl sites for hydroxylation is 1. The smallest absolute Gasteiger partial charge is 0.0609 e. The molecule has 0 bridgehead atoms. The topological polar surface area (TPSA) is 20.2 Å². The van der Waals surface area contributed by atoms with Gasteiger partial charge in [-0.1, -0.05) is 58.9 Å². The molecule has 2 rings (SSSR count). The van der Waals surface area contributed by atoms with Gasteiger partial charge in [0.2, 0.25) is 0 Å². The highest BCUT2D eigenvalue weighted by molar-refractivity contribution is 5.33. The van der Waals surface area contributed by atoms with E-state index in [1.165, 1.54) is 11.1 Å². The molecule has 1 nitrogen and oxygen atoms in total. The van der Waals surface area contributed by atoms with Gasteiger partial charge in [-0.3, -0.25) is 0 Å². The molecule has 0 spiro atoms. The third kappa shape index (κ3) is 3.64. The van der Waals surface area contributed by atoms with Gasteiger partial charge < -0.3 is 5.11 Å². The van der Waals surface area contributed by atoms with Crippen LogP contribution in [0, 0.1) is 0 Å². The number of rotatable bonds is 0. The molecule has 2 unspecified atom stereocenters. The van der Waals surface area contributed by atoms with Crippen molar-refractivity contribution < 1.29 is 5.11 Å². The van der Waals surface area contributed by atoms with Crippen molar-refractivity contribution in [2.45, 2.75) is 59.5 Å². The molecule has 0 aromatic heterocycles. The minimum absolute atomic E-state index is 0.139. The molecule has 1 aromatic rings. The zero-order chi connectivity index (χ0) is 12.6. The van der Waals surface area contributed by atoms with Crippen LogP contribution in [0.3, 0.4) is 0 Å². The predicted octanol–water partition coefficient (Wildman–Crippen LogP) is 4.15. The lowest BCUT2D eigenvalue weighted by Crippen LogP contribution is -2.22. The lowest BCUT2D eigenvalue weighted by molar-refractivity contribution is 0.132. The van der Waals surface area contributed by atoms with Crippen LogP contribution in [-0.2, 0) is 6.42 Å². The van der Waals surface area contributed by atoms with Crippen molar-refractivity contribution in [3.8, 4) is 0 Å². The van der Waals surface area contributed by atoms with Crippen molar-refractivity contribution in [3.63, 3.8) is 0 Å². The second-order valence-corrected chi connectivity index (χ2v) is 3.59. The third-order valence-electron chi connectivity index (χ3n) is 2.83. The number of aliphatic hydroxyl groups excluding tert-OH is 1. The number of hydrogen-bond donors (Lipinski definition) is 1. The van der Waals surface area contributed by atoms with E-state index in [4.69, 9.17) is 0 Å². The Balaban J connectivity index is 0.000000509. The van der Waals surface area contributed by atoms with Gasteiger partial charge >= 0.3 is 0 Å². The van der Waals surface area contributed by atoms with Gasteiger partial charge in [0.15, 0.2) is 0 Å². The fourth-order valence-corrected chi connectivity index (χ4v) is 1.97. The van der Waals surface area contributed by atoms with Crippen molar-refractivity contribution in [3.05, 3.63) is 35.4 Å². The van der Waals surface area contributed by atoms with E-state index < -0.39 is 0 Å². The van der Waals surface area contributed by atoms with Crippen molar-refractivity contribution >= 4 is 0 Å². The lowest BCUT2D eigenvalue weighted by atomic mass is 9.82. The number of fused-ring (bicyclic) bond motifs is 1. The summed E-state index contributed by atoms with van der Waals surface area (Å²) in [5.74, 6) is 0.315. The molecule has 1 aliphatic rings. The van der Waals surface area contributed by atoms with E-state index in [1.54, 1.807) is 0 Å². The van der Waals surface area contributed by atoms with Crippen molar-refractivity contribution in [2.75, 3.05) is 0 Å². The zero-order valence-electron chi connectivity index (χ0n) is 11.3. The van der Waals surface area contributed by atoms with E-state index in [0.717, 1.165) is 12.8 Å². The average molecular weight is 222 g/mol. The monoisotopic (exact) mass is 222 g/mol. The molecular formula is C15H26O. The van der Waals surface area contributed by atoms with Crippen LogP contribution < -0.4 is 0 Å². The van der Waals surface area contributed by atoms with Crippen LogP contribution >= 0.6 is 0 Å². The minimum Gasteiger partial charge on any atom is -0.392 e. The highest BCUT2D eigenvalue weighted by Crippen LogP contribution is 2.30. The quantitative estimate of drug-likeness (QED) is 0.699. The Morgan fingerprint density at radius 1 is 1.06 bits per heavy atom. The Morgan fingerprint density at radius 3 is 2.25 bits per heavy atom. The van der Waals surface area contributed by atoms with Crippen molar-refractivity contribution in [2.24, 2.45) is 0 Å². The molecule has 0 aliphatic heterocycles. The first kappa shape index (κ1) is 15.2. The number of hydrogen-bond acceptors (Lipinski definition) is 1.